The van der Waals surface area contributed by atoms with Crippen molar-refractivity contribution in [1.82, 2.24) is 4.90 Å². The van der Waals surface area contributed by atoms with Crippen LogP contribution in [0.5, 0.6) is 0 Å². The van der Waals surface area contributed by atoms with Gasteiger partial charge in [0.2, 0.25) is 0 Å². The first kappa shape index (κ1) is 13.7. The van der Waals surface area contributed by atoms with Gasteiger partial charge in [0.15, 0.2) is 0 Å². The third-order valence-electron chi connectivity index (χ3n) is 3.83. The molecular formula is C15H17Cl2NS. The van der Waals surface area contributed by atoms with E-state index in [2.05, 4.69) is 4.90 Å². The van der Waals surface area contributed by atoms with Gasteiger partial charge >= 0.3 is 0 Å². The zero-order chi connectivity index (χ0) is 13.2. The van der Waals surface area contributed by atoms with E-state index in [9.17, 15) is 0 Å². The third-order valence-corrected chi connectivity index (χ3v) is 5.65. The molecule has 0 amide bonds. The van der Waals surface area contributed by atoms with Gasteiger partial charge in [0, 0.05) is 27.2 Å². The summed E-state index contributed by atoms with van der Waals surface area (Å²) < 4.78 is 0. The fraction of sp³-hybridized carbons (Fsp3) is 0.467. The van der Waals surface area contributed by atoms with Crippen LogP contribution in [0.2, 0.25) is 10.0 Å². The van der Waals surface area contributed by atoms with Crippen molar-refractivity contribution in [2.45, 2.75) is 32.1 Å². The second-order valence-corrected chi connectivity index (χ2v) is 6.98. The molecule has 2 aliphatic rings. The first-order valence-electron chi connectivity index (χ1n) is 6.78. The Labute approximate surface area is 129 Å². The Kier molecular flexibility index (Phi) is 4.30. The summed E-state index contributed by atoms with van der Waals surface area (Å²) in [5, 5.41) is 1.50. The number of hydrogen-bond donors (Lipinski definition) is 0. The molecule has 4 heteroatoms. The third kappa shape index (κ3) is 3.07. The molecule has 0 saturated carbocycles. The van der Waals surface area contributed by atoms with Crippen molar-refractivity contribution < 1.29 is 0 Å². The molecule has 1 aromatic rings. The maximum Gasteiger partial charge on any atom is 0.0680 e. The van der Waals surface area contributed by atoms with Crippen LogP contribution < -0.4 is 0 Å². The minimum Gasteiger partial charge on any atom is -0.364 e. The maximum atomic E-state index is 6.23. The second-order valence-electron chi connectivity index (χ2n) is 5.10. The van der Waals surface area contributed by atoms with Crippen LogP contribution in [0.15, 0.2) is 28.8 Å². The molecule has 0 aromatic heterocycles. The highest BCUT2D eigenvalue weighted by molar-refractivity contribution is 8.03. The van der Waals surface area contributed by atoms with E-state index in [4.69, 9.17) is 23.2 Å². The summed E-state index contributed by atoms with van der Waals surface area (Å²) in [5.74, 6) is 1.12. The summed E-state index contributed by atoms with van der Waals surface area (Å²) in [7, 11) is 0. The van der Waals surface area contributed by atoms with E-state index in [1.165, 1.54) is 31.2 Å². The fourth-order valence-electron chi connectivity index (χ4n) is 2.76. The molecule has 0 saturated heterocycles. The predicted octanol–water partition coefficient (Wildman–Crippen LogP) is 5.33. The van der Waals surface area contributed by atoms with E-state index in [0.717, 1.165) is 23.9 Å². The number of allylic oxidation sites excluding steroid dienone is 2. The summed E-state index contributed by atoms with van der Waals surface area (Å²) >= 11 is 14.2. The zero-order valence-corrected chi connectivity index (χ0v) is 13.1. The van der Waals surface area contributed by atoms with Gasteiger partial charge in [-0.15, -0.1) is 11.8 Å². The van der Waals surface area contributed by atoms with Gasteiger partial charge in [-0.2, -0.15) is 0 Å². The van der Waals surface area contributed by atoms with Crippen LogP contribution in [0, 0.1) is 0 Å². The van der Waals surface area contributed by atoms with E-state index in [0.29, 0.717) is 5.02 Å². The van der Waals surface area contributed by atoms with Crippen molar-refractivity contribution in [3.63, 3.8) is 0 Å². The molecule has 0 bridgehead atoms. The van der Waals surface area contributed by atoms with E-state index in [1.54, 1.807) is 10.6 Å². The van der Waals surface area contributed by atoms with Crippen molar-refractivity contribution in [3.8, 4) is 0 Å². The maximum absolute atomic E-state index is 6.23. The molecule has 19 heavy (non-hydrogen) atoms. The van der Waals surface area contributed by atoms with Gasteiger partial charge in [0.1, 0.15) is 0 Å². The van der Waals surface area contributed by atoms with Gasteiger partial charge in [-0.25, -0.2) is 0 Å². The summed E-state index contributed by atoms with van der Waals surface area (Å²) in [5.41, 5.74) is 2.79. The number of nitrogens with zero attached hydrogens (tertiary/aromatic N) is 1. The average Bonchev–Trinajstić information content (AvgIpc) is 2.81. The Balaban J connectivity index is 1.65. The molecule has 0 fully saturated rings. The smallest absolute Gasteiger partial charge is 0.0680 e. The lowest BCUT2D eigenvalue weighted by atomic mass is 10.0. The van der Waals surface area contributed by atoms with Crippen LogP contribution in [0.4, 0.5) is 0 Å². The zero-order valence-electron chi connectivity index (χ0n) is 10.8. The molecule has 0 atom stereocenters. The van der Waals surface area contributed by atoms with Gasteiger partial charge in [-0.05, 0) is 49.8 Å². The standard InChI is InChI=1S/C15H17Cl2NS/c16-12-6-5-11(13(17)9-12)7-8-18-10-19-15-4-2-1-3-14(15)18/h5-6,9H,1-4,7-8,10H2. The monoisotopic (exact) mass is 313 g/mol. The number of rotatable bonds is 3. The van der Waals surface area contributed by atoms with Crippen molar-refractivity contribution in [3.05, 3.63) is 44.4 Å². The highest BCUT2D eigenvalue weighted by Crippen LogP contribution is 2.41. The molecule has 1 nitrogen and oxygen atoms in total. The van der Waals surface area contributed by atoms with Crippen molar-refractivity contribution in [2.24, 2.45) is 0 Å². The van der Waals surface area contributed by atoms with E-state index < -0.39 is 0 Å². The molecule has 102 valence electrons. The molecule has 1 aliphatic carbocycles. The normalized spacial score (nSPS) is 18.9. The van der Waals surface area contributed by atoms with Crippen molar-refractivity contribution in [2.75, 3.05) is 12.4 Å². The minimum atomic E-state index is 0.711. The Morgan fingerprint density at radius 1 is 1.16 bits per heavy atom. The first-order chi connectivity index (χ1) is 9.24. The number of hydrogen-bond acceptors (Lipinski definition) is 2. The molecule has 1 heterocycles. The lowest BCUT2D eigenvalue weighted by Crippen LogP contribution is -2.22. The highest BCUT2D eigenvalue weighted by atomic mass is 35.5. The van der Waals surface area contributed by atoms with E-state index in [-0.39, 0.29) is 0 Å². The highest BCUT2D eigenvalue weighted by Gasteiger charge is 2.24. The van der Waals surface area contributed by atoms with E-state index >= 15 is 0 Å². The lowest BCUT2D eigenvalue weighted by Gasteiger charge is -2.24. The van der Waals surface area contributed by atoms with Gasteiger partial charge in [0.25, 0.3) is 0 Å². The predicted molar refractivity (Wildman–Crippen MR) is 84.8 cm³/mol. The summed E-state index contributed by atoms with van der Waals surface area (Å²) in [6, 6.07) is 5.80. The summed E-state index contributed by atoms with van der Waals surface area (Å²) in [6.07, 6.45) is 6.25. The second kappa shape index (κ2) is 5.99. The molecule has 1 aromatic carbocycles. The van der Waals surface area contributed by atoms with Crippen LogP contribution in [0.25, 0.3) is 0 Å². The van der Waals surface area contributed by atoms with Crippen LogP contribution in [0.1, 0.15) is 31.2 Å². The number of thioether (sulfide) groups is 1. The number of halogens is 2. The van der Waals surface area contributed by atoms with Gasteiger partial charge < -0.3 is 4.90 Å². The van der Waals surface area contributed by atoms with Gasteiger partial charge in [-0.3, -0.25) is 0 Å². The molecule has 0 N–H and O–H groups in total. The Morgan fingerprint density at radius 2 is 2.00 bits per heavy atom. The van der Waals surface area contributed by atoms with Crippen LogP contribution in [0.3, 0.4) is 0 Å². The van der Waals surface area contributed by atoms with E-state index in [1.807, 2.05) is 30.0 Å². The largest absolute Gasteiger partial charge is 0.364 e. The van der Waals surface area contributed by atoms with Gasteiger partial charge in [0.05, 0.1) is 5.88 Å². The molecule has 1 aliphatic heterocycles. The molecule has 0 radical (unpaired) electrons. The number of benzene rings is 1. The first-order valence-corrected chi connectivity index (χ1v) is 8.52. The Morgan fingerprint density at radius 3 is 2.84 bits per heavy atom. The van der Waals surface area contributed by atoms with Gasteiger partial charge in [-0.1, -0.05) is 29.3 Å². The minimum absolute atomic E-state index is 0.711. The van der Waals surface area contributed by atoms with Crippen molar-refractivity contribution >= 4 is 35.0 Å². The SMILES string of the molecule is Clc1ccc(CCN2CSC3=C2CCCC3)c(Cl)c1. The van der Waals surface area contributed by atoms with Crippen LogP contribution >= 0.6 is 35.0 Å². The fourth-order valence-corrected chi connectivity index (χ4v) is 4.55. The summed E-state index contributed by atoms with van der Waals surface area (Å²) in [6.45, 7) is 1.06. The van der Waals surface area contributed by atoms with Crippen molar-refractivity contribution in [1.29, 1.82) is 0 Å². The average molecular weight is 314 g/mol. The topological polar surface area (TPSA) is 3.24 Å². The molecule has 0 unspecified atom stereocenters. The van der Waals surface area contributed by atoms with Crippen LogP contribution in [-0.4, -0.2) is 17.3 Å². The molecular weight excluding hydrogens is 297 g/mol. The summed E-state index contributed by atoms with van der Waals surface area (Å²) in [4.78, 5) is 4.16. The van der Waals surface area contributed by atoms with Crippen LogP contribution in [-0.2, 0) is 6.42 Å². The lowest BCUT2D eigenvalue weighted by molar-refractivity contribution is 0.385. The Bertz CT molecular complexity index is 513. The Hall–Kier alpha value is -0.310. The molecule has 3 rings (SSSR count). The quantitative estimate of drug-likeness (QED) is 0.742. The molecule has 0 spiro atoms.